The van der Waals surface area contributed by atoms with E-state index in [1.54, 1.807) is 38.4 Å². The molecule has 1 amide bonds. The van der Waals surface area contributed by atoms with Crippen LogP contribution in [0.3, 0.4) is 0 Å². The molecule has 0 saturated heterocycles. The summed E-state index contributed by atoms with van der Waals surface area (Å²) in [4.78, 5) is 17.7. The summed E-state index contributed by atoms with van der Waals surface area (Å²) < 4.78 is 5.14. The van der Waals surface area contributed by atoms with Crippen molar-refractivity contribution in [2.45, 2.75) is 0 Å². The van der Waals surface area contributed by atoms with Gasteiger partial charge in [-0.1, -0.05) is 29.3 Å². The fourth-order valence-corrected chi connectivity index (χ4v) is 2.04. The molecule has 0 aliphatic rings. The molecule has 2 rings (SSSR count). The highest BCUT2D eigenvalue weighted by Gasteiger charge is 2.17. The SMILES string of the molecule is COc1cccc(N(C)C(=O)c2cc(Cl)ncc2Cl)c1. The number of carbonyl (C=O) groups excluding carboxylic acids is 1. The molecule has 0 saturated carbocycles. The highest BCUT2D eigenvalue weighted by atomic mass is 35.5. The molecule has 0 spiro atoms. The third-order valence-electron chi connectivity index (χ3n) is 2.80. The summed E-state index contributed by atoms with van der Waals surface area (Å²) in [5, 5.41) is 0.478. The van der Waals surface area contributed by atoms with Crippen molar-refractivity contribution in [3.63, 3.8) is 0 Å². The largest absolute Gasteiger partial charge is 0.497 e. The Labute approximate surface area is 126 Å². The molecular weight excluding hydrogens is 299 g/mol. The molecule has 6 heteroatoms. The van der Waals surface area contributed by atoms with Crippen molar-refractivity contribution in [3.05, 3.63) is 52.3 Å². The number of ether oxygens (including phenoxy) is 1. The first kappa shape index (κ1) is 14.6. The average molecular weight is 311 g/mol. The van der Waals surface area contributed by atoms with Gasteiger partial charge in [-0.2, -0.15) is 0 Å². The van der Waals surface area contributed by atoms with E-state index in [0.717, 1.165) is 0 Å². The molecule has 1 heterocycles. The maximum atomic E-state index is 12.4. The first-order valence-electron chi connectivity index (χ1n) is 5.76. The van der Waals surface area contributed by atoms with Crippen molar-refractivity contribution in [2.75, 3.05) is 19.1 Å². The number of anilines is 1. The second-order valence-electron chi connectivity index (χ2n) is 4.05. The van der Waals surface area contributed by atoms with E-state index in [1.165, 1.54) is 17.2 Å². The van der Waals surface area contributed by atoms with E-state index in [4.69, 9.17) is 27.9 Å². The smallest absolute Gasteiger partial charge is 0.259 e. The zero-order valence-corrected chi connectivity index (χ0v) is 12.4. The number of carbonyl (C=O) groups is 1. The first-order chi connectivity index (χ1) is 9.52. The third kappa shape index (κ3) is 3.03. The maximum absolute atomic E-state index is 12.4. The molecule has 4 nitrogen and oxygen atoms in total. The summed E-state index contributed by atoms with van der Waals surface area (Å²) in [6.07, 6.45) is 1.36. The van der Waals surface area contributed by atoms with Crippen LogP contribution in [-0.4, -0.2) is 25.0 Å². The van der Waals surface area contributed by atoms with Gasteiger partial charge in [0.1, 0.15) is 10.9 Å². The molecule has 0 atom stereocenters. The van der Waals surface area contributed by atoms with Crippen LogP contribution in [0.5, 0.6) is 5.75 Å². The van der Waals surface area contributed by atoms with Crippen LogP contribution in [0.4, 0.5) is 5.69 Å². The van der Waals surface area contributed by atoms with Gasteiger partial charge in [-0.15, -0.1) is 0 Å². The Hall–Kier alpha value is -1.78. The number of halogens is 2. The Bertz CT molecular complexity index is 647. The van der Waals surface area contributed by atoms with Crippen LogP contribution in [0, 0.1) is 0 Å². The summed E-state index contributed by atoms with van der Waals surface area (Å²) in [6, 6.07) is 8.62. The minimum Gasteiger partial charge on any atom is -0.497 e. The van der Waals surface area contributed by atoms with E-state index >= 15 is 0 Å². The Balaban J connectivity index is 2.34. The summed E-state index contributed by atoms with van der Waals surface area (Å²) in [5.41, 5.74) is 0.996. The topological polar surface area (TPSA) is 42.4 Å². The molecule has 104 valence electrons. The van der Waals surface area contributed by atoms with Crippen molar-refractivity contribution in [1.82, 2.24) is 4.98 Å². The van der Waals surface area contributed by atoms with Crippen molar-refractivity contribution < 1.29 is 9.53 Å². The van der Waals surface area contributed by atoms with Gasteiger partial charge in [-0.05, 0) is 18.2 Å². The lowest BCUT2D eigenvalue weighted by molar-refractivity contribution is 0.0993. The molecular formula is C14H12Cl2N2O2. The molecule has 20 heavy (non-hydrogen) atoms. The highest BCUT2D eigenvalue weighted by molar-refractivity contribution is 6.35. The number of rotatable bonds is 3. The summed E-state index contributed by atoms with van der Waals surface area (Å²) in [5.74, 6) is 0.397. The van der Waals surface area contributed by atoms with Crippen LogP contribution in [0.15, 0.2) is 36.5 Å². The van der Waals surface area contributed by atoms with E-state index in [-0.39, 0.29) is 16.1 Å². The lowest BCUT2D eigenvalue weighted by Crippen LogP contribution is -2.26. The predicted molar refractivity (Wildman–Crippen MR) is 80.0 cm³/mol. The van der Waals surface area contributed by atoms with Gasteiger partial charge in [0.05, 0.1) is 17.7 Å². The molecule has 0 radical (unpaired) electrons. The Morgan fingerprint density at radius 2 is 2.05 bits per heavy atom. The van der Waals surface area contributed by atoms with Crippen molar-refractivity contribution in [1.29, 1.82) is 0 Å². The van der Waals surface area contributed by atoms with Gasteiger partial charge in [-0.3, -0.25) is 4.79 Å². The standard InChI is InChI=1S/C14H12Cl2N2O2/c1-18(9-4-3-5-10(6-9)20-2)14(19)11-7-13(16)17-8-12(11)15/h3-8H,1-2H3. The molecule has 0 aliphatic carbocycles. The van der Waals surface area contributed by atoms with Crippen LogP contribution in [0.1, 0.15) is 10.4 Å². The van der Waals surface area contributed by atoms with E-state index in [2.05, 4.69) is 4.98 Å². The Kier molecular flexibility index (Phi) is 4.47. The molecule has 0 N–H and O–H groups in total. The van der Waals surface area contributed by atoms with E-state index in [0.29, 0.717) is 17.0 Å². The van der Waals surface area contributed by atoms with Gasteiger partial charge in [0.2, 0.25) is 0 Å². The molecule has 1 aromatic heterocycles. The van der Waals surface area contributed by atoms with Crippen LogP contribution in [0.25, 0.3) is 0 Å². The number of hydrogen-bond acceptors (Lipinski definition) is 3. The van der Waals surface area contributed by atoms with E-state index in [1.807, 2.05) is 0 Å². The van der Waals surface area contributed by atoms with Gasteiger partial charge in [-0.25, -0.2) is 4.98 Å². The second-order valence-corrected chi connectivity index (χ2v) is 4.85. The summed E-state index contributed by atoms with van der Waals surface area (Å²) in [6.45, 7) is 0. The number of benzene rings is 1. The summed E-state index contributed by atoms with van der Waals surface area (Å²) in [7, 11) is 3.22. The monoisotopic (exact) mass is 310 g/mol. The zero-order valence-electron chi connectivity index (χ0n) is 10.9. The number of hydrogen-bond donors (Lipinski definition) is 0. The number of pyridine rings is 1. The van der Waals surface area contributed by atoms with Crippen molar-refractivity contribution in [2.24, 2.45) is 0 Å². The van der Waals surface area contributed by atoms with E-state index in [9.17, 15) is 4.79 Å². The van der Waals surface area contributed by atoms with Gasteiger partial charge in [0.15, 0.2) is 0 Å². The van der Waals surface area contributed by atoms with Crippen LogP contribution in [0.2, 0.25) is 10.2 Å². The van der Waals surface area contributed by atoms with Crippen molar-refractivity contribution >= 4 is 34.8 Å². The summed E-state index contributed by atoms with van der Waals surface area (Å²) >= 11 is 11.8. The van der Waals surface area contributed by atoms with Crippen molar-refractivity contribution in [3.8, 4) is 5.75 Å². The van der Waals surface area contributed by atoms with E-state index < -0.39 is 0 Å². The lowest BCUT2D eigenvalue weighted by atomic mass is 10.2. The van der Waals surface area contributed by atoms with Gasteiger partial charge in [0.25, 0.3) is 5.91 Å². The Morgan fingerprint density at radius 1 is 1.30 bits per heavy atom. The number of amides is 1. The average Bonchev–Trinajstić information content (AvgIpc) is 2.48. The lowest BCUT2D eigenvalue weighted by Gasteiger charge is -2.18. The molecule has 0 fully saturated rings. The Morgan fingerprint density at radius 3 is 2.75 bits per heavy atom. The normalized spacial score (nSPS) is 10.2. The van der Waals surface area contributed by atoms with Crippen LogP contribution >= 0.6 is 23.2 Å². The highest BCUT2D eigenvalue weighted by Crippen LogP contribution is 2.24. The fraction of sp³-hybridized carbons (Fsp3) is 0.143. The van der Waals surface area contributed by atoms with Gasteiger partial charge in [0, 0.05) is 25.0 Å². The predicted octanol–water partition coefficient (Wildman–Crippen LogP) is 3.67. The number of methoxy groups -OCH3 is 1. The zero-order chi connectivity index (χ0) is 14.7. The number of aromatic nitrogens is 1. The second kappa shape index (κ2) is 6.11. The third-order valence-corrected chi connectivity index (χ3v) is 3.31. The minimum absolute atomic E-state index is 0.219. The molecule has 1 aromatic carbocycles. The van der Waals surface area contributed by atoms with Gasteiger partial charge >= 0.3 is 0 Å². The molecule has 2 aromatic rings. The first-order valence-corrected chi connectivity index (χ1v) is 6.51. The fourth-order valence-electron chi connectivity index (χ4n) is 1.69. The number of nitrogens with zero attached hydrogens (tertiary/aromatic N) is 2. The molecule has 0 unspecified atom stereocenters. The maximum Gasteiger partial charge on any atom is 0.259 e. The van der Waals surface area contributed by atoms with Crippen LogP contribution < -0.4 is 9.64 Å². The van der Waals surface area contributed by atoms with Crippen LogP contribution in [-0.2, 0) is 0 Å². The quantitative estimate of drug-likeness (QED) is 0.812. The molecule has 0 aliphatic heterocycles. The molecule has 0 bridgehead atoms. The van der Waals surface area contributed by atoms with Gasteiger partial charge < -0.3 is 9.64 Å². The minimum atomic E-state index is -0.271.